The van der Waals surface area contributed by atoms with Gasteiger partial charge in [-0.25, -0.2) is 4.79 Å². The van der Waals surface area contributed by atoms with E-state index in [1.54, 1.807) is 0 Å². The van der Waals surface area contributed by atoms with Gasteiger partial charge in [-0.05, 0) is 0 Å². The molecule has 0 saturated carbocycles. The van der Waals surface area contributed by atoms with E-state index in [9.17, 15) is 4.79 Å². The summed E-state index contributed by atoms with van der Waals surface area (Å²) in [5.74, 6) is -1.02. The van der Waals surface area contributed by atoms with Crippen LogP contribution in [0.3, 0.4) is 0 Å². The lowest BCUT2D eigenvalue weighted by molar-refractivity contribution is -0.141. The van der Waals surface area contributed by atoms with Crippen LogP contribution >= 0.6 is 12.2 Å². The minimum Gasteiger partial charge on any atom is -0.480 e. The molecule has 0 bridgehead atoms. The van der Waals surface area contributed by atoms with Gasteiger partial charge in [-0.3, -0.25) is 0 Å². The zero-order chi connectivity index (χ0) is 7.28. The van der Waals surface area contributed by atoms with Crippen LogP contribution in [0.25, 0.3) is 0 Å². The molecule has 52 valence electrons. The molecular weight excluding hydrogens is 142 g/mol. The van der Waals surface area contributed by atoms with Crippen LogP contribution in [0.5, 0.6) is 0 Å². The molecule has 3 N–H and O–H groups in total. The summed E-state index contributed by atoms with van der Waals surface area (Å²) in [7, 11) is 0. The van der Waals surface area contributed by atoms with Crippen molar-refractivity contribution in [3.63, 3.8) is 0 Å². The fourth-order valence-corrected chi connectivity index (χ4v) is 0.322. The molecule has 0 aromatic rings. The summed E-state index contributed by atoms with van der Waals surface area (Å²) in [5, 5.41) is 8.02. The third-order valence-corrected chi connectivity index (χ3v) is 0.588. The van der Waals surface area contributed by atoms with Crippen molar-refractivity contribution < 1.29 is 14.6 Å². The Bertz CT molecular complexity index is 111. The topological polar surface area (TPSA) is 72.5 Å². The average Bonchev–Trinajstić information content (AvgIpc) is 1.63. The summed E-state index contributed by atoms with van der Waals surface area (Å²) in [6.07, 6.45) is 0. The Morgan fingerprint density at radius 2 is 2.22 bits per heavy atom. The summed E-state index contributed by atoms with van der Waals surface area (Å²) in [5.41, 5.74) is 4.99. The molecule has 0 aliphatic heterocycles. The number of carbonyl (C=O) groups is 1. The first-order valence-electron chi connectivity index (χ1n) is 2.20. The standard InChI is InChI=1S/C4H7NO3S/c5-3(9)1-8-2-4(6)7/h1-2H2,(H2,5,9)(H,6,7). The number of nitrogens with two attached hydrogens (primary N) is 1. The van der Waals surface area contributed by atoms with E-state index in [0.717, 1.165) is 0 Å². The van der Waals surface area contributed by atoms with Gasteiger partial charge >= 0.3 is 5.97 Å². The van der Waals surface area contributed by atoms with Gasteiger partial charge in [0.05, 0.1) is 11.6 Å². The van der Waals surface area contributed by atoms with E-state index in [2.05, 4.69) is 17.0 Å². The van der Waals surface area contributed by atoms with Gasteiger partial charge in [-0.2, -0.15) is 0 Å². The zero-order valence-electron chi connectivity index (χ0n) is 4.66. The molecular formula is C4H7NO3S. The molecule has 0 unspecified atom stereocenters. The molecule has 0 rings (SSSR count). The molecule has 5 heteroatoms. The summed E-state index contributed by atoms with van der Waals surface area (Å²) in [6.45, 7) is -0.320. The second kappa shape index (κ2) is 4.22. The lowest BCUT2D eigenvalue weighted by Crippen LogP contribution is -2.18. The van der Waals surface area contributed by atoms with Crippen LogP contribution in [0, 0.1) is 0 Å². The first kappa shape index (κ1) is 8.32. The Morgan fingerprint density at radius 1 is 1.67 bits per heavy atom. The number of aliphatic carboxylic acids is 1. The van der Waals surface area contributed by atoms with Crippen LogP contribution in [0.1, 0.15) is 0 Å². The third-order valence-electron chi connectivity index (χ3n) is 0.470. The van der Waals surface area contributed by atoms with Crippen molar-refractivity contribution in [1.29, 1.82) is 0 Å². The second-order valence-electron chi connectivity index (χ2n) is 1.35. The average molecular weight is 149 g/mol. The van der Waals surface area contributed by atoms with Crippen LogP contribution < -0.4 is 5.73 Å². The van der Waals surface area contributed by atoms with Gasteiger partial charge in [0.1, 0.15) is 6.61 Å². The Kier molecular flexibility index (Phi) is 3.90. The van der Waals surface area contributed by atoms with Crippen molar-refractivity contribution >= 4 is 23.2 Å². The molecule has 0 fully saturated rings. The zero-order valence-corrected chi connectivity index (χ0v) is 5.48. The minimum absolute atomic E-state index is 0.0294. The number of hydrogen-bond acceptors (Lipinski definition) is 3. The number of hydrogen-bond donors (Lipinski definition) is 2. The van der Waals surface area contributed by atoms with Gasteiger partial charge in [0, 0.05) is 0 Å². The Labute approximate surface area is 57.6 Å². The molecule has 0 aliphatic carbocycles. The fourth-order valence-electron chi connectivity index (χ4n) is 0.239. The van der Waals surface area contributed by atoms with Crippen molar-refractivity contribution in [1.82, 2.24) is 0 Å². The van der Waals surface area contributed by atoms with Crippen molar-refractivity contribution in [3.8, 4) is 0 Å². The number of thiocarbonyl (C=S) groups is 1. The van der Waals surface area contributed by atoms with E-state index in [4.69, 9.17) is 10.8 Å². The molecule has 0 amide bonds. The molecule has 0 radical (unpaired) electrons. The highest BCUT2D eigenvalue weighted by atomic mass is 32.1. The molecule has 4 nitrogen and oxygen atoms in total. The van der Waals surface area contributed by atoms with Crippen LogP contribution in [-0.4, -0.2) is 29.3 Å². The number of rotatable bonds is 4. The third kappa shape index (κ3) is 7.32. The fraction of sp³-hybridized carbons (Fsp3) is 0.500. The van der Waals surface area contributed by atoms with Gasteiger partial charge in [-0.15, -0.1) is 0 Å². The van der Waals surface area contributed by atoms with Crippen LogP contribution in [0.2, 0.25) is 0 Å². The van der Waals surface area contributed by atoms with Gasteiger partial charge in [-0.1, -0.05) is 12.2 Å². The molecule has 0 atom stereocenters. The van der Waals surface area contributed by atoms with Gasteiger partial charge in [0.25, 0.3) is 0 Å². The maximum Gasteiger partial charge on any atom is 0.329 e. The van der Waals surface area contributed by atoms with Crippen molar-refractivity contribution in [2.45, 2.75) is 0 Å². The van der Waals surface area contributed by atoms with Crippen LogP contribution in [0.4, 0.5) is 0 Å². The molecule has 9 heavy (non-hydrogen) atoms. The summed E-state index contributed by atoms with van der Waals surface area (Å²) < 4.78 is 4.49. The molecule has 0 spiro atoms. The van der Waals surface area contributed by atoms with Crippen molar-refractivity contribution in [2.75, 3.05) is 13.2 Å². The highest BCUT2D eigenvalue weighted by Gasteiger charge is 1.95. The SMILES string of the molecule is NC(=S)COCC(=O)O. The van der Waals surface area contributed by atoms with Gasteiger partial charge in [0.2, 0.25) is 0 Å². The molecule has 0 aliphatic rings. The van der Waals surface area contributed by atoms with E-state index in [-0.39, 0.29) is 18.2 Å². The van der Waals surface area contributed by atoms with E-state index < -0.39 is 5.97 Å². The monoisotopic (exact) mass is 149 g/mol. The quantitative estimate of drug-likeness (QED) is 0.521. The minimum atomic E-state index is -1.02. The molecule has 0 heterocycles. The number of ether oxygens (including phenoxy) is 1. The molecule has 0 aromatic heterocycles. The van der Waals surface area contributed by atoms with Gasteiger partial charge in [0.15, 0.2) is 0 Å². The van der Waals surface area contributed by atoms with Crippen LogP contribution in [0.15, 0.2) is 0 Å². The Morgan fingerprint density at radius 3 is 2.56 bits per heavy atom. The Balaban J connectivity index is 3.10. The predicted octanol–water partition coefficient (Wildman–Crippen LogP) is -0.626. The van der Waals surface area contributed by atoms with E-state index in [0.29, 0.717) is 0 Å². The normalized spacial score (nSPS) is 8.89. The van der Waals surface area contributed by atoms with E-state index >= 15 is 0 Å². The first-order chi connectivity index (χ1) is 4.13. The number of carboxylic acids is 1. The van der Waals surface area contributed by atoms with Crippen LogP contribution in [-0.2, 0) is 9.53 Å². The Hall–Kier alpha value is -0.680. The predicted molar refractivity (Wildman–Crippen MR) is 35.2 cm³/mol. The lowest BCUT2D eigenvalue weighted by atomic mass is 10.7. The van der Waals surface area contributed by atoms with E-state index in [1.807, 2.05) is 0 Å². The summed E-state index contributed by atoms with van der Waals surface area (Å²) in [6, 6.07) is 0. The highest BCUT2D eigenvalue weighted by molar-refractivity contribution is 7.80. The molecule has 0 aromatic carbocycles. The maximum atomic E-state index is 9.77. The number of carboxylic acid groups (broad SMARTS) is 1. The van der Waals surface area contributed by atoms with Crippen molar-refractivity contribution in [2.24, 2.45) is 5.73 Å². The lowest BCUT2D eigenvalue weighted by Gasteiger charge is -1.95. The molecule has 0 saturated heterocycles. The second-order valence-corrected chi connectivity index (χ2v) is 1.88. The summed E-state index contributed by atoms with van der Waals surface area (Å²) in [4.78, 5) is 9.93. The van der Waals surface area contributed by atoms with Crippen molar-refractivity contribution in [3.05, 3.63) is 0 Å². The van der Waals surface area contributed by atoms with Gasteiger partial charge < -0.3 is 15.6 Å². The maximum absolute atomic E-state index is 9.77. The largest absolute Gasteiger partial charge is 0.480 e. The summed E-state index contributed by atoms with van der Waals surface area (Å²) >= 11 is 4.41. The first-order valence-corrected chi connectivity index (χ1v) is 2.61. The smallest absolute Gasteiger partial charge is 0.329 e. The van der Waals surface area contributed by atoms with E-state index in [1.165, 1.54) is 0 Å². The highest BCUT2D eigenvalue weighted by Crippen LogP contribution is 1.74.